The fraction of sp³-hybridized carbons (Fsp3) is 0.483. The third kappa shape index (κ3) is 5.92. The number of carbonyl (C=O) groups is 1. The van der Waals surface area contributed by atoms with Crippen molar-refractivity contribution in [1.29, 1.82) is 0 Å². The predicted octanol–water partition coefficient (Wildman–Crippen LogP) is 5.84. The molecule has 1 atom stereocenters. The highest BCUT2D eigenvalue weighted by Crippen LogP contribution is 2.26. The van der Waals surface area contributed by atoms with Gasteiger partial charge in [-0.3, -0.25) is 9.36 Å². The number of urea groups is 1. The van der Waals surface area contributed by atoms with Crippen LogP contribution in [0.1, 0.15) is 76.2 Å². The number of benzene rings is 2. The molecule has 2 amide bonds. The van der Waals surface area contributed by atoms with Crippen LogP contribution in [0.25, 0.3) is 10.9 Å². The van der Waals surface area contributed by atoms with Gasteiger partial charge in [0.25, 0.3) is 5.56 Å². The molecule has 0 saturated heterocycles. The summed E-state index contributed by atoms with van der Waals surface area (Å²) in [5.74, 6) is 0.685. The molecule has 1 unspecified atom stereocenters. The zero-order chi connectivity index (χ0) is 24.6. The van der Waals surface area contributed by atoms with Gasteiger partial charge in [-0.15, -0.1) is 0 Å². The number of para-hydroxylation sites is 1. The highest BCUT2D eigenvalue weighted by atomic mass is 16.2. The molecule has 0 radical (unpaired) electrons. The average Bonchev–Trinajstić information content (AvgIpc) is 2.89. The molecule has 1 aromatic heterocycles. The summed E-state index contributed by atoms with van der Waals surface area (Å²) in [7, 11) is 0. The number of fused-ring (bicyclic) bond motifs is 1. The lowest BCUT2D eigenvalue weighted by Crippen LogP contribution is -2.48. The first-order chi connectivity index (χ1) is 17.1. The molecule has 6 nitrogen and oxygen atoms in total. The molecule has 1 aliphatic carbocycles. The lowest BCUT2D eigenvalue weighted by molar-refractivity contribution is 0.161. The molecule has 1 heterocycles. The number of nitrogens with zero attached hydrogens (tertiary/aromatic N) is 3. The van der Waals surface area contributed by atoms with Crippen LogP contribution in [-0.4, -0.2) is 33.1 Å². The van der Waals surface area contributed by atoms with Gasteiger partial charge in [-0.2, -0.15) is 0 Å². The van der Waals surface area contributed by atoms with E-state index < -0.39 is 0 Å². The summed E-state index contributed by atoms with van der Waals surface area (Å²) in [6.07, 6.45) is 7.88. The van der Waals surface area contributed by atoms with E-state index in [1.807, 2.05) is 47.4 Å². The first kappa shape index (κ1) is 25.0. The van der Waals surface area contributed by atoms with Crippen LogP contribution >= 0.6 is 0 Å². The largest absolute Gasteiger partial charge is 0.335 e. The Hall–Kier alpha value is -3.15. The molecule has 1 aliphatic rings. The second-order valence-corrected chi connectivity index (χ2v) is 9.58. The maximum absolute atomic E-state index is 13.7. The second kappa shape index (κ2) is 12.0. The summed E-state index contributed by atoms with van der Waals surface area (Å²) < 4.78 is 1.79. The van der Waals surface area contributed by atoms with E-state index in [2.05, 4.69) is 31.3 Å². The van der Waals surface area contributed by atoms with Gasteiger partial charge in [-0.1, -0.05) is 75.6 Å². The minimum absolute atomic E-state index is 0.0263. The van der Waals surface area contributed by atoms with Gasteiger partial charge in [0.2, 0.25) is 0 Å². The number of amides is 2. The van der Waals surface area contributed by atoms with E-state index in [0.29, 0.717) is 36.2 Å². The van der Waals surface area contributed by atoms with E-state index in [-0.39, 0.29) is 23.7 Å². The molecule has 0 spiro atoms. The maximum atomic E-state index is 13.7. The smallest absolute Gasteiger partial charge is 0.318 e. The van der Waals surface area contributed by atoms with E-state index in [1.165, 1.54) is 12.0 Å². The van der Waals surface area contributed by atoms with E-state index in [4.69, 9.17) is 4.98 Å². The summed E-state index contributed by atoms with van der Waals surface area (Å²) in [6, 6.07) is 17.7. The van der Waals surface area contributed by atoms with Crippen LogP contribution in [0.3, 0.4) is 0 Å². The van der Waals surface area contributed by atoms with E-state index in [0.717, 1.165) is 38.5 Å². The van der Waals surface area contributed by atoms with Crippen molar-refractivity contribution in [3.05, 3.63) is 76.3 Å². The molecule has 1 fully saturated rings. The Kier molecular flexibility index (Phi) is 8.56. The number of nitrogens with one attached hydrogen (secondary N) is 1. The summed E-state index contributed by atoms with van der Waals surface area (Å²) in [5, 5.41) is 3.94. The topological polar surface area (TPSA) is 67.2 Å². The SMILES string of the molecule is CCCn1c(C(CC)N(CCc2ccccc2)C(=O)NC2CCCCC2)nc2ccccc2c1=O. The lowest BCUT2D eigenvalue weighted by atomic mass is 9.95. The summed E-state index contributed by atoms with van der Waals surface area (Å²) in [5.41, 5.74) is 1.85. The molecule has 2 aromatic carbocycles. The van der Waals surface area contributed by atoms with Crippen molar-refractivity contribution >= 4 is 16.9 Å². The van der Waals surface area contributed by atoms with Gasteiger partial charge in [0.15, 0.2) is 0 Å². The zero-order valence-corrected chi connectivity index (χ0v) is 21.1. The summed E-state index contributed by atoms with van der Waals surface area (Å²) >= 11 is 0. The van der Waals surface area contributed by atoms with Crippen molar-refractivity contribution in [2.45, 2.75) is 83.8 Å². The first-order valence-electron chi connectivity index (χ1n) is 13.2. The van der Waals surface area contributed by atoms with Crippen LogP contribution in [0.2, 0.25) is 0 Å². The van der Waals surface area contributed by atoms with Gasteiger partial charge in [-0.05, 0) is 49.8 Å². The Balaban J connectivity index is 1.72. The first-order valence-corrected chi connectivity index (χ1v) is 13.2. The highest BCUT2D eigenvalue weighted by molar-refractivity contribution is 5.78. The van der Waals surface area contributed by atoms with Gasteiger partial charge in [0.05, 0.1) is 16.9 Å². The highest BCUT2D eigenvalue weighted by Gasteiger charge is 2.30. The molecule has 186 valence electrons. The number of hydrogen-bond acceptors (Lipinski definition) is 3. The third-order valence-electron chi connectivity index (χ3n) is 7.08. The van der Waals surface area contributed by atoms with Gasteiger partial charge >= 0.3 is 6.03 Å². The van der Waals surface area contributed by atoms with Crippen LogP contribution in [0.15, 0.2) is 59.4 Å². The fourth-order valence-electron chi connectivity index (χ4n) is 5.22. The molecule has 35 heavy (non-hydrogen) atoms. The Bertz CT molecular complexity index is 1170. The van der Waals surface area contributed by atoms with Crippen molar-refractivity contribution < 1.29 is 4.79 Å². The average molecular weight is 475 g/mol. The lowest BCUT2D eigenvalue weighted by Gasteiger charge is -2.34. The molecular weight excluding hydrogens is 436 g/mol. The van der Waals surface area contributed by atoms with Crippen molar-refractivity contribution in [2.24, 2.45) is 0 Å². The maximum Gasteiger partial charge on any atom is 0.318 e. The minimum Gasteiger partial charge on any atom is -0.335 e. The quantitative estimate of drug-likeness (QED) is 0.423. The van der Waals surface area contributed by atoms with Gasteiger partial charge in [0.1, 0.15) is 5.82 Å². The molecule has 0 bridgehead atoms. The van der Waals surface area contributed by atoms with Crippen LogP contribution in [0.4, 0.5) is 4.79 Å². The zero-order valence-electron chi connectivity index (χ0n) is 21.1. The molecule has 4 rings (SSSR count). The van der Waals surface area contributed by atoms with Crippen LogP contribution in [0.5, 0.6) is 0 Å². The third-order valence-corrected chi connectivity index (χ3v) is 7.08. The monoisotopic (exact) mass is 474 g/mol. The van der Waals surface area contributed by atoms with Crippen molar-refractivity contribution in [2.75, 3.05) is 6.54 Å². The number of carbonyl (C=O) groups excluding carboxylic acids is 1. The molecule has 1 N–H and O–H groups in total. The predicted molar refractivity (Wildman–Crippen MR) is 142 cm³/mol. The van der Waals surface area contributed by atoms with Crippen LogP contribution in [0, 0.1) is 0 Å². The normalized spacial score (nSPS) is 15.1. The fourth-order valence-corrected chi connectivity index (χ4v) is 5.22. The van der Waals surface area contributed by atoms with Crippen molar-refractivity contribution in [1.82, 2.24) is 19.8 Å². The van der Waals surface area contributed by atoms with Gasteiger partial charge < -0.3 is 10.2 Å². The summed E-state index contributed by atoms with van der Waals surface area (Å²) in [4.78, 5) is 34.1. The van der Waals surface area contributed by atoms with Crippen molar-refractivity contribution in [3.63, 3.8) is 0 Å². The Morgan fingerprint density at radius 1 is 1.06 bits per heavy atom. The van der Waals surface area contributed by atoms with E-state index in [1.54, 1.807) is 4.57 Å². The number of aromatic nitrogens is 2. The van der Waals surface area contributed by atoms with Gasteiger partial charge in [-0.25, -0.2) is 9.78 Å². The van der Waals surface area contributed by atoms with Crippen LogP contribution < -0.4 is 10.9 Å². The molecule has 1 saturated carbocycles. The Morgan fingerprint density at radius 2 is 1.77 bits per heavy atom. The molecule has 3 aromatic rings. The van der Waals surface area contributed by atoms with Crippen molar-refractivity contribution in [3.8, 4) is 0 Å². The van der Waals surface area contributed by atoms with E-state index in [9.17, 15) is 9.59 Å². The molecule has 6 heteroatoms. The van der Waals surface area contributed by atoms with Gasteiger partial charge in [0, 0.05) is 19.1 Å². The summed E-state index contributed by atoms with van der Waals surface area (Å²) in [6.45, 7) is 5.29. The number of hydrogen-bond donors (Lipinski definition) is 1. The Morgan fingerprint density at radius 3 is 2.49 bits per heavy atom. The van der Waals surface area contributed by atoms with Crippen LogP contribution in [-0.2, 0) is 13.0 Å². The Labute approximate surface area is 208 Å². The van der Waals surface area contributed by atoms with E-state index >= 15 is 0 Å². The molecular formula is C29H38N4O2. The minimum atomic E-state index is -0.286. The standard InChI is InChI=1S/C29H38N4O2/c1-3-20-33-27(31-25-18-12-11-17-24(25)28(33)34)26(4-2)32(21-19-22-13-7-5-8-14-22)29(35)30-23-15-9-6-10-16-23/h5,7-8,11-14,17-18,23,26H,3-4,6,9-10,15-16,19-21H2,1-2H3,(H,30,35). The number of rotatable bonds is 9. The molecule has 0 aliphatic heterocycles. The second-order valence-electron chi connectivity index (χ2n) is 9.58.